The van der Waals surface area contributed by atoms with Crippen LogP contribution in [0.2, 0.25) is 0 Å². The molecule has 0 bridgehead atoms. The fourth-order valence-electron chi connectivity index (χ4n) is 3.05. The standard InChI is InChI=1S/C8H15NO.C8H14O2.C2H5NO/c2*1-6-2-4-7(5-3-6)8(9)10;1-2(3)4/h6-7H,2-5H2,1H3,(H2,9,10);6-7H,2-5H2,1H3,(H,9,10);1H3,(H2,3,4). The number of nitrogens with two attached hydrogens (primary N) is 2. The second-order valence-corrected chi connectivity index (χ2v) is 7.26. The lowest BCUT2D eigenvalue weighted by Gasteiger charge is -2.23. The van der Waals surface area contributed by atoms with Crippen LogP contribution in [0.25, 0.3) is 0 Å². The molecule has 2 rings (SSSR count). The molecular weight excluding hydrogens is 308 g/mol. The van der Waals surface area contributed by atoms with E-state index in [1.165, 1.54) is 19.8 Å². The van der Waals surface area contributed by atoms with Crippen LogP contribution < -0.4 is 11.5 Å². The molecule has 0 spiro atoms. The van der Waals surface area contributed by atoms with E-state index in [9.17, 15) is 14.4 Å². The maximum atomic E-state index is 10.7. The van der Waals surface area contributed by atoms with Crippen molar-refractivity contribution in [1.29, 1.82) is 0 Å². The first-order valence-corrected chi connectivity index (χ1v) is 8.91. The summed E-state index contributed by atoms with van der Waals surface area (Å²) in [5.74, 6) is 0.636. The van der Waals surface area contributed by atoms with Gasteiger partial charge in [-0.05, 0) is 63.2 Å². The molecular formula is C18H34N2O4. The van der Waals surface area contributed by atoms with Gasteiger partial charge in [-0.1, -0.05) is 13.8 Å². The van der Waals surface area contributed by atoms with E-state index in [-0.39, 0.29) is 23.7 Å². The summed E-state index contributed by atoms with van der Waals surface area (Å²) in [6.07, 6.45) is 8.33. The molecule has 0 aromatic carbocycles. The Balaban J connectivity index is 0.000000363. The molecule has 2 aliphatic rings. The summed E-state index contributed by atoms with van der Waals surface area (Å²) in [7, 11) is 0. The van der Waals surface area contributed by atoms with Crippen molar-refractivity contribution in [3.05, 3.63) is 0 Å². The Kier molecular flexibility index (Phi) is 11.1. The summed E-state index contributed by atoms with van der Waals surface area (Å²) < 4.78 is 0. The van der Waals surface area contributed by atoms with E-state index in [1.54, 1.807) is 0 Å². The van der Waals surface area contributed by atoms with Crippen molar-refractivity contribution in [2.45, 2.75) is 72.1 Å². The highest BCUT2D eigenvalue weighted by atomic mass is 16.4. The number of hydrogen-bond acceptors (Lipinski definition) is 3. The summed E-state index contributed by atoms with van der Waals surface area (Å²) in [6.45, 7) is 5.73. The molecule has 2 aliphatic carbocycles. The third-order valence-electron chi connectivity index (χ3n) is 4.78. The zero-order chi connectivity index (χ0) is 18.7. The van der Waals surface area contributed by atoms with Gasteiger partial charge in [0.15, 0.2) is 0 Å². The summed E-state index contributed by atoms with van der Waals surface area (Å²) in [4.78, 5) is 30.4. The van der Waals surface area contributed by atoms with E-state index >= 15 is 0 Å². The Morgan fingerprint density at radius 3 is 1.29 bits per heavy atom. The molecule has 24 heavy (non-hydrogen) atoms. The van der Waals surface area contributed by atoms with Gasteiger partial charge in [-0.2, -0.15) is 0 Å². The van der Waals surface area contributed by atoms with Gasteiger partial charge in [-0.15, -0.1) is 0 Å². The third-order valence-corrected chi connectivity index (χ3v) is 4.78. The van der Waals surface area contributed by atoms with Gasteiger partial charge in [0.25, 0.3) is 0 Å². The average Bonchev–Trinajstić information content (AvgIpc) is 2.48. The average molecular weight is 342 g/mol. The topological polar surface area (TPSA) is 123 Å². The number of primary amides is 2. The fraction of sp³-hybridized carbons (Fsp3) is 0.833. The van der Waals surface area contributed by atoms with Gasteiger partial charge >= 0.3 is 5.97 Å². The van der Waals surface area contributed by atoms with E-state index in [4.69, 9.17) is 10.8 Å². The largest absolute Gasteiger partial charge is 0.481 e. The lowest BCUT2D eigenvalue weighted by atomic mass is 9.83. The normalized spacial score (nSPS) is 29.1. The number of rotatable bonds is 2. The maximum Gasteiger partial charge on any atom is 0.306 e. The molecule has 0 aromatic rings. The summed E-state index contributed by atoms with van der Waals surface area (Å²) in [6, 6.07) is 0. The third kappa shape index (κ3) is 11.0. The van der Waals surface area contributed by atoms with Crippen LogP contribution in [-0.4, -0.2) is 22.9 Å². The van der Waals surface area contributed by atoms with Gasteiger partial charge in [0.2, 0.25) is 11.8 Å². The Morgan fingerprint density at radius 2 is 1.04 bits per heavy atom. The smallest absolute Gasteiger partial charge is 0.306 e. The molecule has 0 heterocycles. The number of aliphatic carboxylic acids is 1. The van der Waals surface area contributed by atoms with E-state index in [0.717, 1.165) is 50.4 Å². The van der Waals surface area contributed by atoms with Crippen molar-refractivity contribution in [2.24, 2.45) is 35.1 Å². The van der Waals surface area contributed by atoms with Crippen LogP contribution in [0, 0.1) is 23.7 Å². The summed E-state index contributed by atoms with van der Waals surface area (Å²) in [5.41, 5.74) is 9.65. The Labute approximate surface area is 145 Å². The maximum absolute atomic E-state index is 10.7. The minimum atomic E-state index is -0.605. The van der Waals surface area contributed by atoms with Crippen molar-refractivity contribution in [3.8, 4) is 0 Å². The molecule has 0 atom stereocenters. The molecule has 140 valence electrons. The quantitative estimate of drug-likeness (QED) is 0.713. The second-order valence-electron chi connectivity index (χ2n) is 7.26. The van der Waals surface area contributed by atoms with E-state index < -0.39 is 5.97 Å². The Hall–Kier alpha value is -1.59. The number of amides is 2. The lowest BCUT2D eigenvalue weighted by Crippen LogP contribution is -2.26. The van der Waals surface area contributed by atoms with Crippen LogP contribution in [0.3, 0.4) is 0 Å². The minimum Gasteiger partial charge on any atom is -0.481 e. The zero-order valence-corrected chi connectivity index (χ0v) is 15.3. The van der Waals surface area contributed by atoms with Gasteiger partial charge in [0, 0.05) is 12.8 Å². The molecule has 0 radical (unpaired) electrons. The van der Waals surface area contributed by atoms with E-state index in [1.807, 2.05) is 0 Å². The van der Waals surface area contributed by atoms with Crippen LogP contribution in [0.5, 0.6) is 0 Å². The molecule has 2 fully saturated rings. The molecule has 6 heteroatoms. The number of hydrogen-bond donors (Lipinski definition) is 3. The lowest BCUT2D eigenvalue weighted by molar-refractivity contribution is -0.143. The number of carbonyl (C=O) groups excluding carboxylic acids is 2. The van der Waals surface area contributed by atoms with Crippen molar-refractivity contribution in [1.82, 2.24) is 0 Å². The van der Waals surface area contributed by atoms with Crippen molar-refractivity contribution in [2.75, 3.05) is 0 Å². The fourth-order valence-corrected chi connectivity index (χ4v) is 3.05. The molecule has 5 N–H and O–H groups in total. The van der Waals surface area contributed by atoms with Gasteiger partial charge in [0.05, 0.1) is 5.92 Å². The predicted octanol–water partition coefficient (Wildman–Crippen LogP) is 2.69. The highest BCUT2D eigenvalue weighted by molar-refractivity contribution is 5.76. The minimum absolute atomic E-state index is 0.0452. The van der Waals surface area contributed by atoms with E-state index in [0.29, 0.717) is 0 Å². The van der Waals surface area contributed by atoms with Crippen LogP contribution in [0.15, 0.2) is 0 Å². The zero-order valence-electron chi connectivity index (χ0n) is 15.3. The van der Waals surface area contributed by atoms with Gasteiger partial charge < -0.3 is 16.6 Å². The number of carboxylic acids is 1. The first-order valence-electron chi connectivity index (χ1n) is 8.91. The van der Waals surface area contributed by atoms with Crippen molar-refractivity contribution < 1.29 is 19.5 Å². The first kappa shape index (κ1) is 22.4. The number of carboxylic acid groups (broad SMARTS) is 1. The second kappa shape index (κ2) is 11.9. The van der Waals surface area contributed by atoms with Crippen molar-refractivity contribution in [3.63, 3.8) is 0 Å². The predicted molar refractivity (Wildman–Crippen MR) is 93.9 cm³/mol. The molecule has 0 aromatic heterocycles. The SMILES string of the molecule is CC(N)=O.CC1CCC(C(=O)O)CC1.CC1CCC(C(N)=O)CC1. The monoisotopic (exact) mass is 342 g/mol. The molecule has 6 nitrogen and oxygen atoms in total. The molecule has 0 saturated heterocycles. The Bertz CT molecular complexity index is 360. The molecule has 2 saturated carbocycles. The Morgan fingerprint density at radius 1 is 0.750 bits per heavy atom. The first-order chi connectivity index (χ1) is 11.1. The van der Waals surface area contributed by atoms with Crippen LogP contribution >= 0.6 is 0 Å². The molecule has 0 aliphatic heterocycles. The highest BCUT2D eigenvalue weighted by Gasteiger charge is 2.23. The van der Waals surface area contributed by atoms with Crippen molar-refractivity contribution >= 4 is 17.8 Å². The highest BCUT2D eigenvalue weighted by Crippen LogP contribution is 2.28. The van der Waals surface area contributed by atoms with Gasteiger partial charge in [-0.3, -0.25) is 14.4 Å². The number of carbonyl (C=O) groups is 3. The van der Waals surface area contributed by atoms with Gasteiger partial charge in [0.1, 0.15) is 0 Å². The summed E-state index contributed by atoms with van der Waals surface area (Å²) in [5, 5.41) is 8.62. The van der Waals surface area contributed by atoms with E-state index in [2.05, 4.69) is 19.6 Å². The van der Waals surface area contributed by atoms with Crippen LogP contribution in [0.4, 0.5) is 0 Å². The summed E-state index contributed by atoms with van der Waals surface area (Å²) >= 11 is 0. The molecule has 0 unspecified atom stereocenters. The molecule has 2 amide bonds. The van der Waals surface area contributed by atoms with Gasteiger partial charge in [-0.25, -0.2) is 0 Å². The van der Waals surface area contributed by atoms with Crippen LogP contribution in [0.1, 0.15) is 72.1 Å². The van der Waals surface area contributed by atoms with Crippen LogP contribution in [-0.2, 0) is 14.4 Å².